The van der Waals surface area contributed by atoms with Crippen molar-refractivity contribution in [2.45, 2.75) is 64.8 Å². The van der Waals surface area contributed by atoms with E-state index in [0.717, 1.165) is 96.7 Å². The van der Waals surface area contributed by atoms with E-state index >= 15 is 0 Å². The average Bonchev–Trinajstić information content (AvgIpc) is 3.20. The summed E-state index contributed by atoms with van der Waals surface area (Å²) >= 11 is 0. The van der Waals surface area contributed by atoms with Gasteiger partial charge in [-0.25, -0.2) is 9.67 Å². The third kappa shape index (κ3) is 8.15. The summed E-state index contributed by atoms with van der Waals surface area (Å²) in [5.41, 5.74) is 7.51. The van der Waals surface area contributed by atoms with E-state index in [1.54, 1.807) is 0 Å². The molecule has 2 aromatic heterocycles. The molecule has 7 nitrogen and oxygen atoms in total. The molecule has 46 heavy (non-hydrogen) atoms. The van der Waals surface area contributed by atoms with Gasteiger partial charge < -0.3 is 10.7 Å². The number of carbonyl (C=O) groups excluding carboxylic acids is 1. The molecule has 2 aromatic rings. The zero-order valence-electron chi connectivity index (χ0n) is 27.4. The smallest absolute Gasteiger partial charge is 0.251 e. The summed E-state index contributed by atoms with van der Waals surface area (Å²) in [5.74, 6) is 0.878. The van der Waals surface area contributed by atoms with E-state index < -0.39 is 0 Å². The van der Waals surface area contributed by atoms with Gasteiger partial charge >= 0.3 is 0 Å². The lowest BCUT2D eigenvalue weighted by atomic mass is 9.90. The largest absolute Gasteiger partial charge is 0.349 e. The lowest BCUT2D eigenvalue weighted by Gasteiger charge is -2.21. The van der Waals surface area contributed by atoms with E-state index in [1.165, 1.54) is 6.21 Å². The highest BCUT2D eigenvalue weighted by atomic mass is 16.1. The minimum absolute atomic E-state index is 0.0259. The van der Waals surface area contributed by atoms with Gasteiger partial charge in [0.05, 0.1) is 11.4 Å². The normalized spacial score (nSPS) is 20.6. The van der Waals surface area contributed by atoms with Crippen LogP contribution in [-0.2, 0) is 4.79 Å². The van der Waals surface area contributed by atoms with Gasteiger partial charge in [-0.3, -0.25) is 9.69 Å². The van der Waals surface area contributed by atoms with Crippen molar-refractivity contribution in [1.29, 1.82) is 5.41 Å². The summed E-state index contributed by atoms with van der Waals surface area (Å²) in [6.45, 7) is 12.8. The lowest BCUT2D eigenvalue weighted by Crippen LogP contribution is -2.36. The molecule has 0 radical (unpaired) electrons. The monoisotopic (exact) mass is 614 g/mol. The van der Waals surface area contributed by atoms with Gasteiger partial charge in [-0.05, 0) is 94.3 Å². The highest BCUT2D eigenvalue weighted by Crippen LogP contribution is 2.30. The Labute approximate surface area is 273 Å². The maximum Gasteiger partial charge on any atom is 0.251 e. The Morgan fingerprint density at radius 3 is 2.70 bits per heavy atom. The molecule has 0 bridgehead atoms. The SMILES string of the molecule is C=C/C(=C\C=C\c1nc(-n2nc(C)cc2C)c(C=N)cc1C1C=CC=CC1)CN1CCCC(NC(=O)C2=C(C)C=CCC=C2)CC1. The molecular weight excluding hydrogens is 568 g/mol. The fourth-order valence-corrected chi connectivity index (χ4v) is 6.32. The number of allylic oxidation sites excluding steroid dienone is 10. The molecule has 1 saturated heterocycles. The molecule has 2 N–H and O–H groups in total. The predicted octanol–water partition coefficient (Wildman–Crippen LogP) is 7.41. The molecule has 0 saturated carbocycles. The maximum absolute atomic E-state index is 13.0. The number of hydrogen-bond donors (Lipinski definition) is 2. The van der Waals surface area contributed by atoms with Crippen LogP contribution in [0.15, 0.2) is 102 Å². The molecule has 2 aliphatic carbocycles. The van der Waals surface area contributed by atoms with Gasteiger partial charge in [0, 0.05) is 48.1 Å². The number of nitrogens with zero attached hydrogens (tertiary/aromatic N) is 4. The first-order chi connectivity index (χ1) is 22.4. The van der Waals surface area contributed by atoms with Crippen LogP contribution in [0.5, 0.6) is 0 Å². The van der Waals surface area contributed by atoms with Crippen molar-refractivity contribution in [3.8, 4) is 5.82 Å². The van der Waals surface area contributed by atoms with Crippen LogP contribution in [-0.4, -0.2) is 57.5 Å². The molecule has 0 spiro atoms. The Bertz CT molecular complexity index is 1680. The van der Waals surface area contributed by atoms with Gasteiger partial charge in [0.2, 0.25) is 0 Å². The van der Waals surface area contributed by atoms with Crippen LogP contribution in [0.4, 0.5) is 0 Å². The van der Waals surface area contributed by atoms with E-state index in [1.807, 2.05) is 55.8 Å². The van der Waals surface area contributed by atoms with Gasteiger partial charge in [-0.15, -0.1) is 0 Å². The second kappa shape index (κ2) is 15.6. The van der Waals surface area contributed by atoms with Gasteiger partial charge in [0.1, 0.15) is 0 Å². The topological polar surface area (TPSA) is 86.9 Å². The van der Waals surface area contributed by atoms with Crippen molar-refractivity contribution in [3.63, 3.8) is 0 Å². The number of hydrogen-bond acceptors (Lipinski definition) is 5. The Morgan fingerprint density at radius 1 is 1.11 bits per heavy atom. The molecule has 1 fully saturated rings. The van der Waals surface area contributed by atoms with Crippen LogP contribution < -0.4 is 5.32 Å². The zero-order valence-corrected chi connectivity index (χ0v) is 27.4. The fourth-order valence-electron chi connectivity index (χ4n) is 6.32. The van der Waals surface area contributed by atoms with Gasteiger partial charge in [0.25, 0.3) is 5.91 Å². The molecule has 7 heteroatoms. The molecule has 2 atom stereocenters. The van der Waals surface area contributed by atoms with Crippen LogP contribution in [0.1, 0.15) is 73.2 Å². The fraction of sp³-hybridized carbons (Fsp3) is 0.333. The van der Waals surface area contributed by atoms with Crippen LogP contribution >= 0.6 is 0 Å². The van der Waals surface area contributed by atoms with Crippen molar-refractivity contribution in [2.75, 3.05) is 19.6 Å². The van der Waals surface area contributed by atoms with Crippen LogP contribution in [0.25, 0.3) is 11.9 Å². The molecule has 0 aromatic carbocycles. The minimum atomic E-state index is 0.0259. The second-order valence-corrected chi connectivity index (χ2v) is 12.3. The number of carbonyl (C=O) groups is 1. The zero-order chi connectivity index (χ0) is 32.5. The standard InChI is InChI=1S/C39H46N6O/c1-5-31(27-44-22-13-18-34(21-23-44)41-39(46)35-19-11-6-8-14-28(35)2)15-12-20-37-36(32-16-9-7-10-17-32)25-33(26-40)38(42-37)45-30(4)24-29(3)43-45/h5,7-12,14-16,19-20,24-26,32,34,40H,1,6,13,17-18,21-23,27H2,2-4H3,(H,41,46)/b20-12+,31-15+,40-26?. The Hall–Kier alpha value is -4.62. The number of aromatic nitrogens is 3. The molecule has 5 rings (SSSR count). The van der Waals surface area contributed by atoms with Crippen molar-refractivity contribution >= 4 is 18.2 Å². The Balaban J connectivity index is 1.30. The molecule has 1 aliphatic heterocycles. The molecule has 2 unspecified atom stereocenters. The number of amides is 1. The van der Waals surface area contributed by atoms with Crippen molar-refractivity contribution < 1.29 is 4.79 Å². The summed E-state index contributed by atoms with van der Waals surface area (Å²) in [6, 6.07) is 4.28. The summed E-state index contributed by atoms with van der Waals surface area (Å²) in [5, 5.41) is 16.1. The van der Waals surface area contributed by atoms with Gasteiger partial charge in [-0.1, -0.05) is 73.4 Å². The summed E-state index contributed by atoms with van der Waals surface area (Å²) in [6.07, 6.45) is 30.9. The van der Waals surface area contributed by atoms with E-state index in [2.05, 4.69) is 76.6 Å². The van der Waals surface area contributed by atoms with E-state index in [4.69, 9.17) is 10.4 Å². The molecule has 238 valence electrons. The number of rotatable bonds is 10. The van der Waals surface area contributed by atoms with Crippen LogP contribution in [0.2, 0.25) is 0 Å². The molecule has 1 amide bonds. The van der Waals surface area contributed by atoms with Gasteiger partial charge in [-0.2, -0.15) is 5.10 Å². The van der Waals surface area contributed by atoms with Crippen molar-refractivity contribution in [1.82, 2.24) is 25.0 Å². The summed E-state index contributed by atoms with van der Waals surface area (Å²) in [4.78, 5) is 20.6. The summed E-state index contributed by atoms with van der Waals surface area (Å²) in [7, 11) is 0. The number of pyridine rings is 1. The number of likely N-dealkylation sites (tertiary alicyclic amines) is 1. The highest BCUT2D eigenvalue weighted by Gasteiger charge is 2.21. The van der Waals surface area contributed by atoms with Gasteiger partial charge in [0.15, 0.2) is 5.82 Å². The lowest BCUT2D eigenvalue weighted by molar-refractivity contribution is -0.118. The quantitative estimate of drug-likeness (QED) is 0.216. The van der Waals surface area contributed by atoms with Crippen LogP contribution in [0.3, 0.4) is 0 Å². The number of nitrogens with one attached hydrogen (secondary N) is 2. The van der Waals surface area contributed by atoms with Crippen molar-refractivity contribution in [2.24, 2.45) is 0 Å². The average molecular weight is 615 g/mol. The Kier molecular flexibility index (Phi) is 11.1. The van der Waals surface area contributed by atoms with Crippen LogP contribution in [0, 0.1) is 19.3 Å². The first-order valence-corrected chi connectivity index (χ1v) is 16.4. The molecule has 3 heterocycles. The molecule has 3 aliphatic rings. The van der Waals surface area contributed by atoms with E-state index in [9.17, 15) is 4.79 Å². The van der Waals surface area contributed by atoms with Crippen molar-refractivity contribution in [3.05, 3.63) is 130 Å². The Morgan fingerprint density at radius 2 is 1.96 bits per heavy atom. The predicted molar refractivity (Wildman–Crippen MR) is 189 cm³/mol. The summed E-state index contributed by atoms with van der Waals surface area (Å²) < 4.78 is 1.83. The minimum Gasteiger partial charge on any atom is -0.349 e. The third-order valence-corrected chi connectivity index (χ3v) is 8.82. The number of aryl methyl sites for hydroxylation is 2. The third-order valence-electron chi connectivity index (χ3n) is 8.82. The first-order valence-electron chi connectivity index (χ1n) is 16.4. The van der Waals surface area contributed by atoms with E-state index in [-0.39, 0.29) is 17.9 Å². The maximum atomic E-state index is 13.0. The second-order valence-electron chi connectivity index (χ2n) is 12.3. The highest BCUT2D eigenvalue weighted by molar-refractivity contribution is 5.97. The van der Waals surface area contributed by atoms with E-state index in [0.29, 0.717) is 5.82 Å². The first kappa shape index (κ1) is 32.8. The molecular formula is C39H46N6O.